The van der Waals surface area contributed by atoms with E-state index in [2.05, 4.69) is 5.32 Å². The molecule has 2 aromatic carbocycles. The molecule has 6 nitrogen and oxygen atoms in total. The minimum absolute atomic E-state index is 0.143. The first-order chi connectivity index (χ1) is 13.4. The second-order valence-electron chi connectivity index (χ2n) is 6.39. The number of halogens is 1. The van der Waals surface area contributed by atoms with E-state index in [4.69, 9.17) is 26.3 Å². The van der Waals surface area contributed by atoms with Crippen molar-refractivity contribution in [3.8, 4) is 17.6 Å². The molecular formula is C21H24ClN3O3. The molecule has 2 rings (SSSR count). The number of nitrogens with zero attached hydrogens (tertiary/aromatic N) is 2. The van der Waals surface area contributed by atoms with Crippen LogP contribution in [0.15, 0.2) is 36.4 Å². The number of anilines is 1. The van der Waals surface area contributed by atoms with Crippen LogP contribution in [-0.4, -0.2) is 44.7 Å². The van der Waals surface area contributed by atoms with Crippen molar-refractivity contribution in [2.75, 3.05) is 33.1 Å². The molecule has 1 atom stereocenters. The molecule has 0 saturated carbocycles. The van der Waals surface area contributed by atoms with Crippen LogP contribution in [0.3, 0.4) is 0 Å². The highest BCUT2D eigenvalue weighted by molar-refractivity contribution is 6.32. The Kier molecular flexibility index (Phi) is 7.68. The summed E-state index contributed by atoms with van der Waals surface area (Å²) in [4.78, 5) is 14.5. The van der Waals surface area contributed by atoms with E-state index in [1.807, 2.05) is 43.1 Å². The maximum absolute atomic E-state index is 12.5. The van der Waals surface area contributed by atoms with Gasteiger partial charge in [-0.25, -0.2) is 0 Å². The predicted molar refractivity (Wildman–Crippen MR) is 110 cm³/mol. The van der Waals surface area contributed by atoms with Crippen LogP contribution in [0.1, 0.15) is 18.1 Å². The topological polar surface area (TPSA) is 74.6 Å². The molecule has 0 aliphatic heterocycles. The van der Waals surface area contributed by atoms with E-state index in [-0.39, 0.29) is 11.9 Å². The summed E-state index contributed by atoms with van der Waals surface area (Å²) < 4.78 is 10.6. The second-order valence-corrected chi connectivity index (χ2v) is 6.80. The van der Waals surface area contributed by atoms with Crippen LogP contribution >= 0.6 is 11.6 Å². The predicted octanol–water partition coefficient (Wildman–Crippen LogP) is 3.73. The van der Waals surface area contributed by atoms with Crippen molar-refractivity contribution in [3.63, 3.8) is 0 Å². The van der Waals surface area contributed by atoms with E-state index in [9.17, 15) is 4.79 Å². The van der Waals surface area contributed by atoms with Gasteiger partial charge >= 0.3 is 0 Å². The third kappa shape index (κ3) is 5.38. The molecule has 0 heterocycles. The highest BCUT2D eigenvalue weighted by atomic mass is 35.5. The summed E-state index contributed by atoms with van der Waals surface area (Å²) in [6.07, 6.45) is 0.761. The van der Waals surface area contributed by atoms with Gasteiger partial charge in [-0.3, -0.25) is 9.69 Å². The third-order valence-electron chi connectivity index (χ3n) is 4.60. The molecule has 1 amide bonds. The molecule has 0 aliphatic rings. The summed E-state index contributed by atoms with van der Waals surface area (Å²) in [5, 5.41) is 12.1. The molecular weight excluding hydrogens is 378 g/mol. The number of methoxy groups -OCH3 is 2. The molecule has 2 aromatic rings. The standard InChI is InChI=1S/C21H24ClN3O3/c1-14(21(26)24-17-7-6-16(13-23)18(22)12-17)25(2)10-9-15-5-8-19(27-3)20(11-15)28-4/h5-8,11-12,14H,9-10H2,1-4H3,(H,24,26)/t14-/m1/s1. The summed E-state index contributed by atoms with van der Waals surface area (Å²) >= 11 is 6.02. The van der Waals surface area contributed by atoms with Crippen molar-refractivity contribution < 1.29 is 14.3 Å². The smallest absolute Gasteiger partial charge is 0.241 e. The van der Waals surface area contributed by atoms with Crippen LogP contribution in [0.4, 0.5) is 5.69 Å². The third-order valence-corrected chi connectivity index (χ3v) is 4.91. The van der Waals surface area contributed by atoms with Gasteiger partial charge < -0.3 is 14.8 Å². The lowest BCUT2D eigenvalue weighted by atomic mass is 10.1. The number of carbonyl (C=O) groups is 1. The van der Waals surface area contributed by atoms with Crippen LogP contribution in [0, 0.1) is 11.3 Å². The van der Waals surface area contributed by atoms with E-state index in [1.54, 1.807) is 32.4 Å². The molecule has 0 saturated heterocycles. The Labute approximate surface area is 170 Å². The van der Waals surface area contributed by atoms with Crippen molar-refractivity contribution in [3.05, 3.63) is 52.5 Å². The summed E-state index contributed by atoms with van der Waals surface area (Å²) in [5.41, 5.74) is 2.03. The average Bonchev–Trinajstić information content (AvgIpc) is 2.71. The molecule has 0 bridgehead atoms. The Morgan fingerprint density at radius 2 is 1.93 bits per heavy atom. The zero-order chi connectivity index (χ0) is 20.7. The molecule has 0 spiro atoms. The monoisotopic (exact) mass is 401 g/mol. The van der Waals surface area contributed by atoms with Gasteiger partial charge in [0.05, 0.1) is 30.8 Å². The minimum atomic E-state index is -0.338. The second kappa shape index (κ2) is 9.98. The fraction of sp³-hybridized carbons (Fsp3) is 0.333. The van der Waals surface area contributed by atoms with Crippen LogP contribution < -0.4 is 14.8 Å². The van der Waals surface area contributed by atoms with E-state index < -0.39 is 0 Å². The number of carbonyl (C=O) groups excluding carboxylic acids is 1. The zero-order valence-electron chi connectivity index (χ0n) is 16.5. The van der Waals surface area contributed by atoms with Crippen molar-refractivity contribution in [1.82, 2.24) is 4.90 Å². The molecule has 28 heavy (non-hydrogen) atoms. The Morgan fingerprint density at radius 1 is 1.21 bits per heavy atom. The van der Waals surface area contributed by atoms with Gasteiger partial charge in [-0.2, -0.15) is 5.26 Å². The largest absolute Gasteiger partial charge is 0.493 e. The Hall–Kier alpha value is -2.75. The average molecular weight is 402 g/mol. The molecule has 0 aromatic heterocycles. The molecule has 0 fully saturated rings. The lowest BCUT2D eigenvalue weighted by Crippen LogP contribution is -2.40. The van der Waals surface area contributed by atoms with Gasteiger partial charge in [0, 0.05) is 12.2 Å². The van der Waals surface area contributed by atoms with Crippen LogP contribution in [0.2, 0.25) is 5.02 Å². The lowest BCUT2D eigenvalue weighted by molar-refractivity contribution is -0.120. The van der Waals surface area contributed by atoms with Crippen LogP contribution in [0.5, 0.6) is 11.5 Å². The van der Waals surface area contributed by atoms with Gasteiger partial charge in [-0.15, -0.1) is 0 Å². The summed E-state index contributed by atoms with van der Waals surface area (Å²) in [5.74, 6) is 1.23. The number of hydrogen-bond acceptors (Lipinski definition) is 5. The molecule has 0 radical (unpaired) electrons. The number of rotatable bonds is 8. The highest BCUT2D eigenvalue weighted by Gasteiger charge is 2.18. The Balaban J connectivity index is 1.94. The first-order valence-corrected chi connectivity index (χ1v) is 9.19. The highest BCUT2D eigenvalue weighted by Crippen LogP contribution is 2.27. The number of likely N-dealkylation sites (N-methyl/N-ethyl adjacent to an activating group) is 1. The maximum atomic E-state index is 12.5. The minimum Gasteiger partial charge on any atom is -0.493 e. The van der Waals surface area contributed by atoms with Gasteiger partial charge in [0.1, 0.15) is 6.07 Å². The number of nitrogens with one attached hydrogen (secondary N) is 1. The lowest BCUT2D eigenvalue weighted by Gasteiger charge is -2.24. The number of amides is 1. The van der Waals surface area contributed by atoms with E-state index in [1.165, 1.54) is 0 Å². The Morgan fingerprint density at radius 3 is 2.54 bits per heavy atom. The van der Waals surface area contributed by atoms with E-state index in [0.717, 1.165) is 12.0 Å². The van der Waals surface area contributed by atoms with Gasteiger partial charge in [0.25, 0.3) is 0 Å². The fourth-order valence-corrected chi connectivity index (χ4v) is 2.89. The molecule has 0 aliphatic carbocycles. The molecule has 148 valence electrons. The summed E-state index contributed by atoms with van der Waals surface area (Å²) in [7, 11) is 5.11. The van der Waals surface area contributed by atoms with Crippen molar-refractivity contribution in [1.29, 1.82) is 5.26 Å². The molecule has 0 unspecified atom stereocenters. The maximum Gasteiger partial charge on any atom is 0.241 e. The summed E-state index contributed by atoms with van der Waals surface area (Å²) in [6, 6.07) is 12.3. The normalized spacial score (nSPS) is 11.6. The van der Waals surface area contributed by atoms with E-state index >= 15 is 0 Å². The number of hydrogen-bond donors (Lipinski definition) is 1. The number of benzene rings is 2. The first-order valence-electron chi connectivity index (χ1n) is 8.81. The van der Waals surface area contributed by atoms with Crippen LogP contribution in [-0.2, 0) is 11.2 Å². The molecule has 7 heteroatoms. The van der Waals surface area contributed by atoms with Crippen molar-refractivity contribution >= 4 is 23.2 Å². The fourth-order valence-electron chi connectivity index (χ4n) is 2.67. The molecule has 1 N–H and O–H groups in total. The van der Waals surface area contributed by atoms with Crippen molar-refractivity contribution in [2.45, 2.75) is 19.4 Å². The van der Waals surface area contributed by atoms with Crippen molar-refractivity contribution in [2.24, 2.45) is 0 Å². The van der Waals surface area contributed by atoms with Crippen LogP contribution in [0.25, 0.3) is 0 Å². The number of ether oxygens (including phenoxy) is 2. The zero-order valence-corrected chi connectivity index (χ0v) is 17.2. The summed E-state index contributed by atoms with van der Waals surface area (Å²) in [6.45, 7) is 2.54. The van der Waals surface area contributed by atoms with Gasteiger partial charge in [-0.1, -0.05) is 17.7 Å². The first kappa shape index (κ1) is 21.5. The SMILES string of the molecule is COc1ccc(CCN(C)[C@H](C)C(=O)Nc2ccc(C#N)c(Cl)c2)cc1OC. The van der Waals surface area contributed by atoms with E-state index in [0.29, 0.717) is 34.3 Å². The number of nitriles is 1. The van der Waals surface area contributed by atoms with Gasteiger partial charge in [-0.05, 0) is 56.3 Å². The quantitative estimate of drug-likeness (QED) is 0.729. The van der Waals surface area contributed by atoms with Gasteiger partial charge in [0.2, 0.25) is 5.91 Å². The Bertz CT molecular complexity index is 880. The van der Waals surface area contributed by atoms with Gasteiger partial charge in [0.15, 0.2) is 11.5 Å².